The molecule has 0 unspecified atom stereocenters. The topological polar surface area (TPSA) is 60.5 Å². The molecule has 0 saturated heterocycles. The maximum atomic E-state index is 11.5. The first-order valence-electron chi connectivity index (χ1n) is 6.74. The van der Waals surface area contributed by atoms with Gasteiger partial charge in [0, 0.05) is 12.6 Å². The van der Waals surface area contributed by atoms with E-state index in [2.05, 4.69) is 24.1 Å². The van der Waals surface area contributed by atoms with Crippen LogP contribution in [0.15, 0.2) is 18.3 Å². The van der Waals surface area contributed by atoms with Crippen LogP contribution >= 0.6 is 0 Å². The monoisotopic (exact) mass is 280 g/mol. The molecule has 112 valence electrons. The van der Waals surface area contributed by atoms with Crippen molar-refractivity contribution >= 4 is 5.97 Å². The second-order valence-electron chi connectivity index (χ2n) is 5.68. The lowest BCUT2D eigenvalue weighted by Crippen LogP contribution is -2.32. The van der Waals surface area contributed by atoms with E-state index < -0.39 is 5.41 Å². The van der Waals surface area contributed by atoms with Crippen LogP contribution in [0.5, 0.6) is 5.75 Å². The molecule has 0 aliphatic rings. The van der Waals surface area contributed by atoms with Gasteiger partial charge in [0.05, 0.1) is 24.4 Å². The van der Waals surface area contributed by atoms with E-state index in [4.69, 9.17) is 9.47 Å². The Balaban J connectivity index is 2.51. The van der Waals surface area contributed by atoms with Crippen LogP contribution in [-0.4, -0.2) is 30.7 Å². The molecule has 1 N–H and O–H groups in total. The predicted molar refractivity (Wildman–Crippen MR) is 77.5 cm³/mol. The van der Waals surface area contributed by atoms with Gasteiger partial charge in [-0.3, -0.25) is 9.78 Å². The number of hydrogen-bond acceptors (Lipinski definition) is 5. The molecule has 0 atom stereocenters. The van der Waals surface area contributed by atoms with Gasteiger partial charge in [-0.25, -0.2) is 0 Å². The summed E-state index contributed by atoms with van der Waals surface area (Å²) in [5.41, 5.74) is 0.283. The fourth-order valence-corrected chi connectivity index (χ4v) is 1.51. The molecule has 0 aromatic carbocycles. The Kier molecular flexibility index (Phi) is 5.95. The number of aromatic nitrogens is 1. The Morgan fingerprint density at radius 2 is 2.10 bits per heavy atom. The number of methoxy groups -OCH3 is 1. The molecule has 0 spiro atoms. The van der Waals surface area contributed by atoms with Crippen LogP contribution in [0.25, 0.3) is 0 Å². The Morgan fingerprint density at radius 1 is 1.40 bits per heavy atom. The molecule has 0 amide bonds. The number of carbonyl (C=O) groups is 1. The minimum atomic E-state index is -0.674. The second kappa shape index (κ2) is 7.24. The molecule has 0 radical (unpaired) electrons. The van der Waals surface area contributed by atoms with Gasteiger partial charge < -0.3 is 14.8 Å². The molecule has 1 rings (SSSR count). The predicted octanol–water partition coefficient (Wildman–Crippen LogP) is 2.16. The summed E-state index contributed by atoms with van der Waals surface area (Å²) in [5.74, 6) is 0.360. The third-order valence-corrected chi connectivity index (χ3v) is 2.83. The number of esters is 1. The highest BCUT2D eigenvalue weighted by Gasteiger charge is 2.29. The highest BCUT2D eigenvalue weighted by molar-refractivity contribution is 5.75. The molecular formula is C15H24N2O3. The highest BCUT2D eigenvalue weighted by Crippen LogP contribution is 2.19. The van der Waals surface area contributed by atoms with Crippen molar-refractivity contribution in [2.24, 2.45) is 5.41 Å². The summed E-state index contributed by atoms with van der Waals surface area (Å²) in [5, 5.41) is 3.30. The number of ether oxygens (including phenoxy) is 2. The molecule has 1 aromatic rings. The summed E-state index contributed by atoms with van der Waals surface area (Å²) < 4.78 is 10.3. The standard InChI is InChI=1S/C15H24N2O3/c1-11(2)16-8-12-6-7-13(9-17-12)20-10-15(3,4)14(18)19-5/h6-7,9,11,16H,8,10H2,1-5H3. The summed E-state index contributed by atoms with van der Waals surface area (Å²) in [6.45, 7) is 8.73. The van der Waals surface area contributed by atoms with Gasteiger partial charge >= 0.3 is 5.97 Å². The van der Waals surface area contributed by atoms with E-state index in [1.165, 1.54) is 7.11 Å². The minimum Gasteiger partial charge on any atom is -0.491 e. The second-order valence-corrected chi connectivity index (χ2v) is 5.68. The number of nitrogens with zero attached hydrogens (tertiary/aromatic N) is 1. The van der Waals surface area contributed by atoms with E-state index in [1.807, 2.05) is 12.1 Å². The lowest BCUT2D eigenvalue weighted by Gasteiger charge is -2.21. The van der Waals surface area contributed by atoms with Crippen LogP contribution in [0.2, 0.25) is 0 Å². The summed E-state index contributed by atoms with van der Waals surface area (Å²) in [4.78, 5) is 15.8. The Bertz CT molecular complexity index is 427. The van der Waals surface area contributed by atoms with Gasteiger partial charge in [0.15, 0.2) is 0 Å². The van der Waals surface area contributed by atoms with E-state index in [-0.39, 0.29) is 12.6 Å². The lowest BCUT2D eigenvalue weighted by atomic mass is 9.95. The zero-order valence-corrected chi connectivity index (χ0v) is 12.9. The van der Waals surface area contributed by atoms with Crippen molar-refractivity contribution in [3.05, 3.63) is 24.0 Å². The molecule has 1 aromatic heterocycles. The summed E-state index contributed by atoms with van der Waals surface area (Å²) in [6, 6.07) is 4.20. The van der Waals surface area contributed by atoms with E-state index >= 15 is 0 Å². The molecule has 20 heavy (non-hydrogen) atoms. The van der Waals surface area contributed by atoms with Crippen LogP contribution in [-0.2, 0) is 16.1 Å². The zero-order valence-electron chi connectivity index (χ0n) is 12.9. The average Bonchev–Trinajstić information content (AvgIpc) is 2.43. The smallest absolute Gasteiger partial charge is 0.314 e. The Morgan fingerprint density at radius 3 is 2.60 bits per heavy atom. The summed E-state index contributed by atoms with van der Waals surface area (Å²) >= 11 is 0. The molecule has 5 heteroatoms. The number of rotatable bonds is 7. The normalized spacial score (nSPS) is 11.5. The largest absolute Gasteiger partial charge is 0.491 e. The first kappa shape index (κ1) is 16.4. The van der Waals surface area contributed by atoms with E-state index in [9.17, 15) is 4.79 Å². The van der Waals surface area contributed by atoms with Crippen LogP contribution in [0.4, 0.5) is 0 Å². The molecule has 1 heterocycles. The first-order chi connectivity index (χ1) is 9.35. The number of nitrogens with one attached hydrogen (secondary N) is 1. The van der Waals surface area contributed by atoms with Crippen molar-refractivity contribution in [2.75, 3.05) is 13.7 Å². The third kappa shape index (κ3) is 5.17. The molecule has 0 aliphatic heterocycles. The van der Waals surface area contributed by atoms with Crippen LogP contribution < -0.4 is 10.1 Å². The molecule has 0 aliphatic carbocycles. The van der Waals surface area contributed by atoms with Gasteiger partial charge in [0.1, 0.15) is 12.4 Å². The van der Waals surface area contributed by atoms with Gasteiger partial charge in [-0.05, 0) is 26.0 Å². The average molecular weight is 280 g/mol. The quantitative estimate of drug-likeness (QED) is 0.776. The van der Waals surface area contributed by atoms with Crippen LogP contribution in [0.3, 0.4) is 0 Å². The van der Waals surface area contributed by atoms with Crippen molar-refractivity contribution in [1.82, 2.24) is 10.3 Å². The maximum absolute atomic E-state index is 11.5. The van der Waals surface area contributed by atoms with Crippen molar-refractivity contribution in [3.8, 4) is 5.75 Å². The van der Waals surface area contributed by atoms with E-state index in [0.29, 0.717) is 11.8 Å². The van der Waals surface area contributed by atoms with Gasteiger partial charge in [0.25, 0.3) is 0 Å². The summed E-state index contributed by atoms with van der Waals surface area (Å²) in [7, 11) is 1.38. The maximum Gasteiger partial charge on any atom is 0.314 e. The number of carbonyl (C=O) groups excluding carboxylic acids is 1. The van der Waals surface area contributed by atoms with Crippen molar-refractivity contribution in [2.45, 2.75) is 40.3 Å². The number of pyridine rings is 1. The summed E-state index contributed by atoms with van der Waals surface area (Å²) in [6.07, 6.45) is 1.67. The van der Waals surface area contributed by atoms with Gasteiger partial charge in [0.2, 0.25) is 0 Å². The molecule has 5 nitrogen and oxygen atoms in total. The lowest BCUT2D eigenvalue weighted by molar-refractivity contribution is -0.152. The molecule has 0 saturated carbocycles. The van der Waals surface area contributed by atoms with Crippen molar-refractivity contribution in [3.63, 3.8) is 0 Å². The highest BCUT2D eigenvalue weighted by atomic mass is 16.5. The van der Waals surface area contributed by atoms with Gasteiger partial charge in [-0.15, -0.1) is 0 Å². The van der Waals surface area contributed by atoms with Crippen molar-refractivity contribution in [1.29, 1.82) is 0 Å². The van der Waals surface area contributed by atoms with Crippen LogP contribution in [0, 0.1) is 5.41 Å². The first-order valence-corrected chi connectivity index (χ1v) is 6.74. The molecule has 0 bridgehead atoms. The molecule has 0 fully saturated rings. The van der Waals surface area contributed by atoms with Crippen molar-refractivity contribution < 1.29 is 14.3 Å². The zero-order chi connectivity index (χ0) is 15.2. The third-order valence-electron chi connectivity index (χ3n) is 2.83. The van der Waals surface area contributed by atoms with Gasteiger partial charge in [-0.2, -0.15) is 0 Å². The van der Waals surface area contributed by atoms with Gasteiger partial charge in [-0.1, -0.05) is 13.8 Å². The Labute approximate surface area is 120 Å². The van der Waals surface area contributed by atoms with Crippen LogP contribution in [0.1, 0.15) is 33.4 Å². The number of hydrogen-bond donors (Lipinski definition) is 1. The fraction of sp³-hybridized carbons (Fsp3) is 0.600. The SMILES string of the molecule is COC(=O)C(C)(C)COc1ccc(CNC(C)C)nc1. The van der Waals surface area contributed by atoms with E-state index in [1.54, 1.807) is 20.0 Å². The molecular weight excluding hydrogens is 256 g/mol. The van der Waals surface area contributed by atoms with E-state index in [0.717, 1.165) is 12.2 Å². The minimum absolute atomic E-state index is 0.255. The Hall–Kier alpha value is -1.62. The fourth-order valence-electron chi connectivity index (χ4n) is 1.51.